The fourth-order valence-corrected chi connectivity index (χ4v) is 3.63. The molecule has 4 nitrogen and oxygen atoms in total. The van der Waals surface area contributed by atoms with E-state index in [1.165, 1.54) is 5.56 Å². The lowest BCUT2D eigenvalue weighted by atomic mass is 9.92. The van der Waals surface area contributed by atoms with Crippen molar-refractivity contribution in [1.29, 1.82) is 0 Å². The first kappa shape index (κ1) is 14.6. The number of piperidine rings is 1. The van der Waals surface area contributed by atoms with Crippen LogP contribution in [0.25, 0.3) is 0 Å². The third kappa shape index (κ3) is 3.00. The third-order valence-electron chi connectivity index (χ3n) is 4.29. The van der Waals surface area contributed by atoms with Crippen molar-refractivity contribution in [2.24, 2.45) is 5.92 Å². The van der Waals surface area contributed by atoms with Crippen LogP contribution in [0.2, 0.25) is 5.15 Å². The highest BCUT2D eigenvalue weighted by Gasteiger charge is 2.48. The first-order valence-corrected chi connectivity index (χ1v) is 7.82. The molecule has 1 aromatic rings. The molecule has 2 aliphatic rings. The fraction of sp³-hybridized carbons (Fsp3) is 0.625. The number of nitrogens with zero attached hydrogens (tertiary/aromatic N) is 2. The maximum atomic E-state index is 12.3. The minimum absolute atomic E-state index is 0.193. The van der Waals surface area contributed by atoms with Crippen molar-refractivity contribution in [1.82, 2.24) is 9.88 Å². The van der Waals surface area contributed by atoms with Crippen LogP contribution in [0, 0.1) is 5.92 Å². The summed E-state index contributed by atoms with van der Waals surface area (Å²) in [5.74, 6) is 0.921. The predicted octanol–water partition coefficient (Wildman–Crippen LogP) is 3.85. The van der Waals surface area contributed by atoms with Gasteiger partial charge in [0.1, 0.15) is 10.8 Å². The molecule has 5 heteroatoms. The Morgan fingerprint density at radius 1 is 1.38 bits per heavy atom. The largest absolute Gasteiger partial charge is 0.444 e. The molecule has 2 fully saturated rings. The summed E-state index contributed by atoms with van der Waals surface area (Å²) < 4.78 is 5.53. The maximum Gasteiger partial charge on any atom is 0.410 e. The molecule has 3 atom stereocenters. The zero-order valence-electron chi connectivity index (χ0n) is 12.7. The monoisotopic (exact) mass is 308 g/mol. The van der Waals surface area contributed by atoms with Gasteiger partial charge in [-0.2, -0.15) is 0 Å². The third-order valence-corrected chi connectivity index (χ3v) is 4.51. The van der Waals surface area contributed by atoms with E-state index in [4.69, 9.17) is 16.3 Å². The van der Waals surface area contributed by atoms with E-state index < -0.39 is 5.60 Å². The fourth-order valence-electron chi connectivity index (χ4n) is 3.52. The molecule has 1 aliphatic heterocycles. The van der Waals surface area contributed by atoms with Crippen molar-refractivity contribution in [3.8, 4) is 0 Å². The minimum atomic E-state index is -0.448. The van der Waals surface area contributed by atoms with Gasteiger partial charge in [-0.25, -0.2) is 9.78 Å². The van der Waals surface area contributed by atoms with E-state index in [9.17, 15) is 4.79 Å². The molecule has 1 saturated carbocycles. The lowest BCUT2D eigenvalue weighted by molar-refractivity contribution is 0.0170. The highest BCUT2D eigenvalue weighted by molar-refractivity contribution is 6.29. The smallest absolute Gasteiger partial charge is 0.410 e. The van der Waals surface area contributed by atoms with Crippen molar-refractivity contribution in [2.45, 2.75) is 51.2 Å². The van der Waals surface area contributed by atoms with Gasteiger partial charge < -0.3 is 9.64 Å². The number of fused-ring (bicyclic) bond motifs is 2. The summed E-state index contributed by atoms with van der Waals surface area (Å²) in [6.45, 7) is 6.52. The van der Waals surface area contributed by atoms with Crippen LogP contribution in [0.5, 0.6) is 0 Å². The van der Waals surface area contributed by atoms with Crippen LogP contribution in [0.15, 0.2) is 18.3 Å². The molecule has 3 rings (SSSR count). The number of carbonyl (C=O) groups is 1. The highest BCUT2D eigenvalue weighted by Crippen LogP contribution is 2.47. The molecule has 2 bridgehead atoms. The van der Waals surface area contributed by atoms with Crippen molar-refractivity contribution < 1.29 is 9.53 Å². The standard InChI is InChI=1S/C16H21ClN2O2/c1-16(2,3)21-15(20)19-9-10-6-12(13(19)7-10)11-4-5-14(17)18-8-11/h4-5,8,10,12-13H,6-7,9H2,1-3H3/t10-,12+,13-/m0/s1. The average Bonchev–Trinajstić information content (AvgIpc) is 2.97. The lowest BCUT2D eigenvalue weighted by Crippen LogP contribution is -2.44. The number of amides is 1. The van der Waals surface area contributed by atoms with E-state index >= 15 is 0 Å². The van der Waals surface area contributed by atoms with Crippen molar-refractivity contribution in [2.75, 3.05) is 6.54 Å². The molecule has 0 N–H and O–H groups in total. The average molecular weight is 309 g/mol. The van der Waals surface area contributed by atoms with Gasteiger partial charge in [-0.15, -0.1) is 0 Å². The van der Waals surface area contributed by atoms with Gasteiger partial charge in [0.05, 0.1) is 0 Å². The Morgan fingerprint density at radius 2 is 2.14 bits per heavy atom. The molecule has 2 heterocycles. The number of carbonyl (C=O) groups excluding carboxylic acids is 1. The number of pyridine rings is 1. The number of aromatic nitrogens is 1. The molecule has 1 aliphatic carbocycles. The Bertz CT molecular complexity index is 538. The molecular weight excluding hydrogens is 288 g/mol. The Balaban J connectivity index is 1.75. The lowest BCUT2D eigenvalue weighted by Gasteiger charge is -2.34. The quantitative estimate of drug-likeness (QED) is 0.740. The summed E-state index contributed by atoms with van der Waals surface area (Å²) in [7, 11) is 0. The normalized spacial score (nSPS) is 28.0. The Kier molecular flexibility index (Phi) is 3.60. The summed E-state index contributed by atoms with van der Waals surface area (Å²) in [6, 6.07) is 4.07. The van der Waals surface area contributed by atoms with Crippen molar-refractivity contribution in [3.05, 3.63) is 29.0 Å². The maximum absolute atomic E-state index is 12.3. The second-order valence-electron chi connectivity index (χ2n) is 7.06. The summed E-state index contributed by atoms with van der Waals surface area (Å²) in [5.41, 5.74) is 0.719. The SMILES string of the molecule is CC(C)(C)OC(=O)N1C[C@H]2C[C@H](c3ccc(Cl)nc3)[C@@H]1C2. The van der Waals surface area contributed by atoms with Crippen LogP contribution in [0.3, 0.4) is 0 Å². The molecule has 21 heavy (non-hydrogen) atoms. The Hall–Kier alpha value is -1.29. The number of rotatable bonds is 1. The summed E-state index contributed by atoms with van der Waals surface area (Å²) in [4.78, 5) is 18.4. The number of hydrogen-bond donors (Lipinski definition) is 0. The van der Waals surface area contributed by atoms with Gasteiger partial charge in [0.25, 0.3) is 0 Å². The van der Waals surface area contributed by atoms with E-state index in [0.29, 0.717) is 17.0 Å². The van der Waals surface area contributed by atoms with Crippen molar-refractivity contribution >= 4 is 17.7 Å². The minimum Gasteiger partial charge on any atom is -0.444 e. The van der Waals surface area contributed by atoms with Gasteiger partial charge in [0, 0.05) is 24.7 Å². The molecule has 1 saturated heterocycles. The summed E-state index contributed by atoms with van der Waals surface area (Å²) in [6.07, 6.45) is 3.82. The Labute approximate surface area is 130 Å². The molecular formula is C16H21ClN2O2. The van der Waals surface area contributed by atoms with E-state index in [0.717, 1.165) is 19.4 Å². The number of likely N-dealkylation sites (tertiary alicyclic amines) is 1. The van der Waals surface area contributed by atoms with E-state index in [1.807, 2.05) is 44.0 Å². The van der Waals surface area contributed by atoms with E-state index in [-0.39, 0.29) is 12.1 Å². The van der Waals surface area contributed by atoms with Gasteiger partial charge in [-0.05, 0) is 51.2 Å². The zero-order chi connectivity index (χ0) is 15.2. The van der Waals surface area contributed by atoms with Crippen LogP contribution >= 0.6 is 11.6 Å². The van der Waals surface area contributed by atoms with E-state index in [1.54, 1.807) is 0 Å². The van der Waals surface area contributed by atoms with Crippen LogP contribution in [0.4, 0.5) is 4.79 Å². The van der Waals surface area contributed by atoms with Gasteiger partial charge in [-0.3, -0.25) is 0 Å². The molecule has 0 aromatic carbocycles. The number of ether oxygens (including phenoxy) is 1. The second kappa shape index (κ2) is 5.16. The zero-order valence-corrected chi connectivity index (χ0v) is 13.4. The van der Waals surface area contributed by atoms with E-state index in [2.05, 4.69) is 4.98 Å². The highest BCUT2D eigenvalue weighted by atomic mass is 35.5. The molecule has 0 unspecified atom stereocenters. The topological polar surface area (TPSA) is 42.4 Å². The summed E-state index contributed by atoms with van der Waals surface area (Å²) in [5, 5.41) is 0.505. The first-order chi connectivity index (χ1) is 9.83. The molecule has 0 spiro atoms. The van der Waals surface area contributed by atoms with Crippen LogP contribution in [-0.4, -0.2) is 34.2 Å². The predicted molar refractivity (Wildman–Crippen MR) is 81.4 cm³/mol. The Morgan fingerprint density at radius 3 is 2.71 bits per heavy atom. The van der Waals surface area contributed by atoms with Crippen LogP contribution in [-0.2, 0) is 4.74 Å². The van der Waals surface area contributed by atoms with Crippen LogP contribution in [0.1, 0.15) is 45.1 Å². The van der Waals surface area contributed by atoms with Gasteiger partial charge in [-0.1, -0.05) is 17.7 Å². The molecule has 0 radical (unpaired) electrons. The number of halogens is 1. The molecule has 1 amide bonds. The first-order valence-electron chi connectivity index (χ1n) is 7.44. The van der Waals surface area contributed by atoms with Gasteiger partial charge >= 0.3 is 6.09 Å². The summed E-state index contributed by atoms with van der Waals surface area (Å²) >= 11 is 5.85. The van der Waals surface area contributed by atoms with Gasteiger partial charge in [0.2, 0.25) is 0 Å². The van der Waals surface area contributed by atoms with Crippen LogP contribution < -0.4 is 0 Å². The number of hydrogen-bond acceptors (Lipinski definition) is 3. The molecule has 1 aromatic heterocycles. The molecule has 114 valence electrons. The second-order valence-corrected chi connectivity index (χ2v) is 7.45. The van der Waals surface area contributed by atoms with Crippen molar-refractivity contribution in [3.63, 3.8) is 0 Å². The van der Waals surface area contributed by atoms with Gasteiger partial charge in [0.15, 0.2) is 0 Å².